The molecule has 20 heavy (non-hydrogen) atoms. The van der Waals surface area contributed by atoms with Crippen LogP contribution in [0.25, 0.3) is 0 Å². The van der Waals surface area contributed by atoms with Crippen LogP contribution >= 0.6 is 0 Å². The summed E-state index contributed by atoms with van der Waals surface area (Å²) in [6.07, 6.45) is 0.516. The molecule has 0 bridgehead atoms. The van der Waals surface area contributed by atoms with Crippen LogP contribution in [0.3, 0.4) is 0 Å². The fourth-order valence-corrected chi connectivity index (χ4v) is 5.28. The van der Waals surface area contributed by atoms with E-state index in [-0.39, 0.29) is 23.8 Å². The van der Waals surface area contributed by atoms with E-state index < -0.39 is 21.2 Å². The summed E-state index contributed by atoms with van der Waals surface area (Å²) in [6.45, 7) is 0.425. The number of hydrogen-bond acceptors (Lipinski definition) is 4. The summed E-state index contributed by atoms with van der Waals surface area (Å²) in [5, 5.41) is 9.50. The Hall–Kier alpha value is -1.56. The molecule has 2 heterocycles. The first kappa shape index (κ1) is 13.4. The van der Waals surface area contributed by atoms with E-state index >= 15 is 0 Å². The molecule has 0 radical (unpaired) electrons. The van der Waals surface area contributed by atoms with Gasteiger partial charge in [-0.3, -0.25) is 4.79 Å². The molecule has 3 rings (SSSR count). The number of ether oxygens (including phenoxy) is 1. The molecule has 2 aliphatic heterocycles. The predicted molar refractivity (Wildman–Crippen MR) is 72.6 cm³/mol. The van der Waals surface area contributed by atoms with Crippen molar-refractivity contribution in [3.63, 3.8) is 0 Å². The van der Waals surface area contributed by atoms with Gasteiger partial charge in [0.05, 0.1) is 23.5 Å². The average Bonchev–Trinajstić information content (AvgIpc) is 2.93. The summed E-state index contributed by atoms with van der Waals surface area (Å²) in [4.78, 5) is 11.6. The number of aliphatic carboxylic acids is 1. The van der Waals surface area contributed by atoms with Gasteiger partial charge < -0.3 is 9.84 Å². The highest BCUT2D eigenvalue weighted by atomic mass is 32.2. The molecule has 0 amide bonds. The molecule has 1 saturated heterocycles. The minimum atomic E-state index is -3.24. The highest BCUT2D eigenvalue weighted by molar-refractivity contribution is 7.91. The maximum Gasteiger partial charge on any atom is 0.310 e. The first-order valence-corrected chi connectivity index (χ1v) is 8.40. The van der Waals surface area contributed by atoms with Crippen LogP contribution in [0.5, 0.6) is 5.75 Å². The minimum Gasteiger partial charge on any atom is -0.493 e. The van der Waals surface area contributed by atoms with Gasteiger partial charge in [-0.2, -0.15) is 0 Å². The Kier molecular flexibility index (Phi) is 3.01. The van der Waals surface area contributed by atoms with Crippen molar-refractivity contribution in [1.29, 1.82) is 0 Å². The van der Waals surface area contributed by atoms with Crippen molar-refractivity contribution in [2.24, 2.45) is 5.41 Å². The predicted octanol–water partition coefficient (Wildman–Crippen LogP) is 1.44. The quantitative estimate of drug-likeness (QED) is 0.913. The van der Waals surface area contributed by atoms with Crippen molar-refractivity contribution >= 4 is 15.8 Å². The molecular weight excluding hydrogens is 280 g/mol. The van der Waals surface area contributed by atoms with Crippen LogP contribution in [0, 0.1) is 5.41 Å². The van der Waals surface area contributed by atoms with Crippen LogP contribution < -0.4 is 4.74 Å². The van der Waals surface area contributed by atoms with E-state index in [1.54, 1.807) is 0 Å². The van der Waals surface area contributed by atoms with Crippen LogP contribution in [-0.4, -0.2) is 37.6 Å². The standard InChI is InChI=1S/C14H16O5S/c15-13(16)14(5-6-20(17,18)9-14)7-10-8-19-12-4-2-1-3-11(10)12/h1-4,10H,5-9H2,(H,15,16). The van der Waals surface area contributed by atoms with Gasteiger partial charge in [-0.25, -0.2) is 8.42 Å². The Morgan fingerprint density at radius 3 is 2.80 bits per heavy atom. The highest BCUT2D eigenvalue weighted by Gasteiger charge is 2.50. The van der Waals surface area contributed by atoms with E-state index in [9.17, 15) is 18.3 Å². The summed E-state index contributed by atoms with van der Waals surface area (Å²) in [6, 6.07) is 7.54. The Labute approximate surface area is 117 Å². The molecule has 0 aromatic heterocycles. The zero-order valence-corrected chi connectivity index (χ0v) is 11.7. The van der Waals surface area contributed by atoms with Crippen molar-refractivity contribution in [2.45, 2.75) is 18.8 Å². The molecule has 0 saturated carbocycles. The Bertz CT molecular complexity index is 651. The van der Waals surface area contributed by atoms with Crippen LogP contribution in [-0.2, 0) is 14.6 Å². The lowest BCUT2D eigenvalue weighted by molar-refractivity contribution is -0.148. The Morgan fingerprint density at radius 1 is 1.40 bits per heavy atom. The molecule has 2 aliphatic rings. The van der Waals surface area contributed by atoms with Gasteiger partial charge in [-0.05, 0) is 18.9 Å². The number of carboxylic acid groups (broad SMARTS) is 1. The van der Waals surface area contributed by atoms with E-state index in [0.717, 1.165) is 11.3 Å². The Balaban J connectivity index is 1.88. The molecule has 6 heteroatoms. The van der Waals surface area contributed by atoms with E-state index in [4.69, 9.17) is 4.74 Å². The SMILES string of the molecule is O=C(O)C1(CC2COc3ccccc32)CCS(=O)(=O)C1. The molecule has 1 aromatic carbocycles. The third-order valence-corrected chi connectivity index (χ3v) is 6.10. The average molecular weight is 296 g/mol. The molecule has 0 aliphatic carbocycles. The summed E-state index contributed by atoms with van der Waals surface area (Å²) < 4.78 is 28.9. The van der Waals surface area contributed by atoms with Crippen LogP contribution in [0.2, 0.25) is 0 Å². The van der Waals surface area contributed by atoms with Gasteiger partial charge in [0, 0.05) is 11.5 Å². The summed E-state index contributed by atoms with van der Waals surface area (Å²) in [7, 11) is -3.24. The first-order valence-electron chi connectivity index (χ1n) is 6.57. The number of sulfone groups is 1. The molecule has 5 nitrogen and oxygen atoms in total. The summed E-state index contributed by atoms with van der Waals surface area (Å²) in [5.41, 5.74) is -0.179. The lowest BCUT2D eigenvalue weighted by atomic mass is 9.77. The number of carbonyl (C=O) groups is 1. The van der Waals surface area contributed by atoms with Crippen molar-refractivity contribution in [2.75, 3.05) is 18.1 Å². The van der Waals surface area contributed by atoms with Gasteiger partial charge >= 0.3 is 5.97 Å². The lowest BCUT2D eigenvalue weighted by Gasteiger charge is -2.25. The fraction of sp³-hybridized carbons (Fsp3) is 0.500. The number of rotatable bonds is 3. The third kappa shape index (κ3) is 2.18. The number of benzene rings is 1. The first-order chi connectivity index (χ1) is 9.42. The maximum absolute atomic E-state index is 11.7. The maximum atomic E-state index is 11.7. The zero-order chi connectivity index (χ0) is 14.4. The van der Waals surface area contributed by atoms with E-state index in [1.165, 1.54) is 0 Å². The van der Waals surface area contributed by atoms with Crippen LogP contribution in [0.1, 0.15) is 24.3 Å². The van der Waals surface area contributed by atoms with Crippen molar-refractivity contribution in [3.05, 3.63) is 29.8 Å². The van der Waals surface area contributed by atoms with Crippen molar-refractivity contribution < 1.29 is 23.1 Å². The van der Waals surface area contributed by atoms with Gasteiger partial charge in [0.25, 0.3) is 0 Å². The number of fused-ring (bicyclic) bond motifs is 1. The molecule has 1 aromatic rings. The lowest BCUT2D eigenvalue weighted by Crippen LogP contribution is -2.34. The third-order valence-electron chi connectivity index (χ3n) is 4.28. The van der Waals surface area contributed by atoms with E-state index in [1.807, 2.05) is 24.3 Å². The number of hydrogen-bond donors (Lipinski definition) is 1. The van der Waals surface area contributed by atoms with Gasteiger partial charge in [0.2, 0.25) is 0 Å². The fourth-order valence-electron chi connectivity index (χ4n) is 3.20. The minimum absolute atomic E-state index is 0.0332. The second-order valence-electron chi connectivity index (χ2n) is 5.68. The molecular formula is C14H16O5S. The second kappa shape index (κ2) is 4.48. The van der Waals surface area contributed by atoms with Gasteiger partial charge in [-0.1, -0.05) is 18.2 Å². The number of para-hydroxylation sites is 1. The molecule has 0 spiro atoms. The van der Waals surface area contributed by atoms with Crippen molar-refractivity contribution in [3.8, 4) is 5.75 Å². The summed E-state index contributed by atoms with van der Waals surface area (Å²) in [5.74, 6) is -0.569. The molecule has 1 fully saturated rings. The van der Waals surface area contributed by atoms with Crippen LogP contribution in [0.15, 0.2) is 24.3 Å². The van der Waals surface area contributed by atoms with Crippen molar-refractivity contribution in [1.82, 2.24) is 0 Å². The second-order valence-corrected chi connectivity index (χ2v) is 7.86. The largest absolute Gasteiger partial charge is 0.493 e. The number of carboxylic acids is 1. The van der Waals surface area contributed by atoms with Gasteiger partial charge in [-0.15, -0.1) is 0 Å². The topological polar surface area (TPSA) is 80.7 Å². The van der Waals surface area contributed by atoms with E-state index in [0.29, 0.717) is 13.0 Å². The smallest absolute Gasteiger partial charge is 0.310 e. The highest BCUT2D eigenvalue weighted by Crippen LogP contribution is 2.45. The van der Waals surface area contributed by atoms with E-state index in [2.05, 4.69) is 0 Å². The molecule has 1 N–H and O–H groups in total. The van der Waals surface area contributed by atoms with Crippen LogP contribution in [0.4, 0.5) is 0 Å². The monoisotopic (exact) mass is 296 g/mol. The summed E-state index contributed by atoms with van der Waals surface area (Å²) >= 11 is 0. The molecule has 2 unspecified atom stereocenters. The normalized spacial score (nSPS) is 30.7. The molecule has 108 valence electrons. The molecule has 2 atom stereocenters. The Morgan fingerprint density at radius 2 is 2.15 bits per heavy atom. The van der Waals surface area contributed by atoms with Gasteiger partial charge in [0.15, 0.2) is 9.84 Å². The van der Waals surface area contributed by atoms with Gasteiger partial charge in [0.1, 0.15) is 5.75 Å². The zero-order valence-electron chi connectivity index (χ0n) is 10.9.